The molecule has 0 saturated heterocycles. The van der Waals surface area contributed by atoms with Crippen LogP contribution in [0.4, 0.5) is 0 Å². The van der Waals surface area contributed by atoms with E-state index < -0.39 is 0 Å². The van der Waals surface area contributed by atoms with Gasteiger partial charge in [-0.25, -0.2) is 0 Å². The normalized spacial score (nSPS) is 14.9. The molecule has 1 aliphatic rings. The topological polar surface area (TPSA) is 21.6 Å². The van der Waals surface area contributed by atoms with Gasteiger partial charge in [-0.05, 0) is 25.0 Å². The standard InChI is InChI=1S/C12H14ClNOS/c13-10-4-1-2-5-11(10)15-8-9-16-12-6-3-7-14-12/h1-2,4-5H,3,6-9H2. The first-order valence-corrected chi connectivity index (χ1v) is 6.76. The van der Waals surface area contributed by atoms with E-state index in [-0.39, 0.29) is 0 Å². The van der Waals surface area contributed by atoms with E-state index in [2.05, 4.69) is 4.99 Å². The van der Waals surface area contributed by atoms with Gasteiger partial charge in [0.1, 0.15) is 5.75 Å². The minimum atomic E-state index is 0.672. The lowest BCUT2D eigenvalue weighted by molar-refractivity contribution is 0.344. The SMILES string of the molecule is Clc1ccccc1OCCSC1=NCCC1. The fraction of sp³-hybridized carbons (Fsp3) is 0.417. The first-order valence-electron chi connectivity index (χ1n) is 5.40. The van der Waals surface area contributed by atoms with Crippen LogP contribution >= 0.6 is 23.4 Å². The summed E-state index contributed by atoms with van der Waals surface area (Å²) in [6.45, 7) is 1.67. The average molecular weight is 256 g/mol. The van der Waals surface area contributed by atoms with Gasteiger partial charge in [0, 0.05) is 12.3 Å². The summed E-state index contributed by atoms with van der Waals surface area (Å²) in [5, 5.41) is 1.94. The van der Waals surface area contributed by atoms with Crippen LogP contribution in [-0.4, -0.2) is 23.9 Å². The molecule has 0 spiro atoms. The average Bonchev–Trinajstić information content (AvgIpc) is 2.79. The van der Waals surface area contributed by atoms with Crippen molar-refractivity contribution in [1.82, 2.24) is 0 Å². The molecule has 2 rings (SSSR count). The zero-order valence-electron chi connectivity index (χ0n) is 8.99. The smallest absolute Gasteiger partial charge is 0.137 e. The predicted molar refractivity (Wildman–Crippen MR) is 70.9 cm³/mol. The molecular weight excluding hydrogens is 242 g/mol. The van der Waals surface area contributed by atoms with Gasteiger partial charge in [-0.3, -0.25) is 4.99 Å². The number of thioether (sulfide) groups is 1. The molecule has 0 aromatic heterocycles. The minimum absolute atomic E-state index is 0.672. The maximum absolute atomic E-state index is 5.97. The third kappa shape index (κ3) is 3.42. The van der Waals surface area contributed by atoms with Crippen LogP contribution in [0.5, 0.6) is 5.75 Å². The lowest BCUT2D eigenvalue weighted by Crippen LogP contribution is -2.02. The fourth-order valence-corrected chi connectivity index (χ4v) is 2.57. The number of halogens is 1. The highest BCUT2D eigenvalue weighted by Gasteiger charge is 2.06. The molecule has 1 aliphatic heterocycles. The number of rotatable bonds is 4. The van der Waals surface area contributed by atoms with Crippen LogP contribution in [0.3, 0.4) is 0 Å². The number of ether oxygens (including phenoxy) is 1. The lowest BCUT2D eigenvalue weighted by atomic mass is 10.3. The number of nitrogens with zero attached hydrogens (tertiary/aromatic N) is 1. The van der Waals surface area contributed by atoms with E-state index in [1.807, 2.05) is 24.3 Å². The minimum Gasteiger partial charge on any atom is -0.491 e. The maximum atomic E-state index is 5.97. The molecule has 0 radical (unpaired) electrons. The van der Waals surface area contributed by atoms with Crippen LogP contribution in [0.2, 0.25) is 5.02 Å². The highest BCUT2D eigenvalue weighted by Crippen LogP contribution is 2.23. The molecule has 0 amide bonds. The number of para-hydroxylation sites is 1. The molecule has 1 aromatic rings. The molecule has 86 valence electrons. The van der Waals surface area contributed by atoms with Gasteiger partial charge >= 0.3 is 0 Å². The summed E-state index contributed by atoms with van der Waals surface area (Å²) < 4.78 is 5.59. The Morgan fingerprint density at radius 1 is 1.38 bits per heavy atom. The Kier molecular flexibility index (Phi) is 4.55. The van der Waals surface area contributed by atoms with Gasteiger partial charge in [0.25, 0.3) is 0 Å². The molecule has 0 unspecified atom stereocenters. The van der Waals surface area contributed by atoms with Crippen molar-refractivity contribution in [3.8, 4) is 5.75 Å². The number of hydrogen-bond acceptors (Lipinski definition) is 3. The van der Waals surface area contributed by atoms with E-state index in [1.54, 1.807) is 11.8 Å². The highest BCUT2D eigenvalue weighted by molar-refractivity contribution is 8.13. The molecule has 1 aromatic carbocycles. The first kappa shape index (κ1) is 11.8. The van der Waals surface area contributed by atoms with Crippen molar-refractivity contribution in [2.75, 3.05) is 18.9 Å². The Labute approximate surface area is 105 Å². The summed E-state index contributed by atoms with van der Waals surface area (Å²) in [5.41, 5.74) is 0. The molecule has 4 heteroatoms. The lowest BCUT2D eigenvalue weighted by Gasteiger charge is -2.07. The third-order valence-corrected chi connectivity index (χ3v) is 3.63. The first-order chi connectivity index (χ1) is 7.86. The molecule has 0 fully saturated rings. The van der Waals surface area contributed by atoms with Crippen molar-refractivity contribution in [3.05, 3.63) is 29.3 Å². The fourth-order valence-electron chi connectivity index (χ4n) is 1.50. The highest BCUT2D eigenvalue weighted by atomic mass is 35.5. The third-order valence-electron chi connectivity index (χ3n) is 2.28. The molecule has 2 nitrogen and oxygen atoms in total. The summed E-state index contributed by atoms with van der Waals surface area (Å²) in [4.78, 5) is 4.40. The van der Waals surface area contributed by atoms with Gasteiger partial charge < -0.3 is 4.74 Å². The second-order valence-corrected chi connectivity index (χ2v) is 5.08. The van der Waals surface area contributed by atoms with E-state index in [0.717, 1.165) is 24.5 Å². The zero-order valence-corrected chi connectivity index (χ0v) is 10.6. The van der Waals surface area contributed by atoms with E-state index in [1.165, 1.54) is 11.5 Å². The van der Waals surface area contributed by atoms with Gasteiger partial charge in [-0.15, -0.1) is 11.8 Å². The van der Waals surface area contributed by atoms with Crippen LogP contribution in [0.25, 0.3) is 0 Å². The summed E-state index contributed by atoms with van der Waals surface area (Å²) in [7, 11) is 0. The molecule has 0 bridgehead atoms. The number of aliphatic imine (C=N–C) groups is 1. The Balaban J connectivity index is 1.70. The van der Waals surface area contributed by atoms with Crippen LogP contribution in [-0.2, 0) is 0 Å². The maximum Gasteiger partial charge on any atom is 0.137 e. The van der Waals surface area contributed by atoms with Gasteiger partial charge in [-0.1, -0.05) is 23.7 Å². The molecule has 0 N–H and O–H groups in total. The second-order valence-electron chi connectivity index (χ2n) is 3.51. The van der Waals surface area contributed by atoms with Crippen LogP contribution in [0, 0.1) is 0 Å². The zero-order chi connectivity index (χ0) is 11.2. The van der Waals surface area contributed by atoms with Crippen molar-refractivity contribution < 1.29 is 4.74 Å². The van der Waals surface area contributed by atoms with Gasteiger partial charge in [-0.2, -0.15) is 0 Å². The van der Waals surface area contributed by atoms with E-state index in [4.69, 9.17) is 16.3 Å². The number of benzene rings is 1. The van der Waals surface area contributed by atoms with Crippen LogP contribution < -0.4 is 4.74 Å². The van der Waals surface area contributed by atoms with E-state index in [0.29, 0.717) is 11.6 Å². The molecule has 0 saturated carbocycles. The van der Waals surface area contributed by atoms with Crippen molar-refractivity contribution in [3.63, 3.8) is 0 Å². The van der Waals surface area contributed by atoms with Crippen molar-refractivity contribution >= 4 is 28.4 Å². The molecule has 16 heavy (non-hydrogen) atoms. The Morgan fingerprint density at radius 3 is 3.00 bits per heavy atom. The number of hydrogen-bond donors (Lipinski definition) is 0. The largest absolute Gasteiger partial charge is 0.491 e. The van der Waals surface area contributed by atoms with E-state index >= 15 is 0 Å². The monoisotopic (exact) mass is 255 g/mol. The molecule has 0 aliphatic carbocycles. The molecular formula is C12H14ClNOS. The quantitative estimate of drug-likeness (QED) is 0.766. The van der Waals surface area contributed by atoms with Crippen LogP contribution in [0.15, 0.2) is 29.3 Å². The van der Waals surface area contributed by atoms with Gasteiger partial charge in [0.05, 0.1) is 16.7 Å². The second kappa shape index (κ2) is 6.16. The van der Waals surface area contributed by atoms with E-state index in [9.17, 15) is 0 Å². The van der Waals surface area contributed by atoms with Crippen LogP contribution in [0.1, 0.15) is 12.8 Å². The predicted octanol–water partition coefficient (Wildman–Crippen LogP) is 3.64. The van der Waals surface area contributed by atoms with Crippen molar-refractivity contribution in [2.45, 2.75) is 12.8 Å². The van der Waals surface area contributed by atoms with Crippen molar-refractivity contribution in [2.24, 2.45) is 4.99 Å². The Bertz CT molecular complexity index is 381. The summed E-state index contributed by atoms with van der Waals surface area (Å²) >= 11 is 7.77. The Morgan fingerprint density at radius 2 is 2.25 bits per heavy atom. The molecule has 1 heterocycles. The Hall–Kier alpha value is -0.670. The van der Waals surface area contributed by atoms with Gasteiger partial charge in [0.15, 0.2) is 0 Å². The molecule has 0 atom stereocenters. The van der Waals surface area contributed by atoms with Gasteiger partial charge in [0.2, 0.25) is 0 Å². The summed E-state index contributed by atoms with van der Waals surface area (Å²) in [6.07, 6.45) is 2.34. The summed E-state index contributed by atoms with van der Waals surface area (Å²) in [6, 6.07) is 7.55. The van der Waals surface area contributed by atoms with Crippen molar-refractivity contribution in [1.29, 1.82) is 0 Å². The summed E-state index contributed by atoms with van der Waals surface area (Å²) in [5.74, 6) is 1.70.